The minimum atomic E-state index is -0.000208. The van der Waals surface area contributed by atoms with Gasteiger partial charge >= 0.3 is 0 Å². The van der Waals surface area contributed by atoms with Crippen molar-refractivity contribution in [3.63, 3.8) is 0 Å². The Bertz CT molecular complexity index is 803. The maximum atomic E-state index is 4.30. The topological polar surface area (TPSA) is 25.8 Å². The third-order valence-corrected chi connectivity index (χ3v) is 4.23. The molecule has 3 aromatic rings. The molecule has 0 saturated heterocycles. The average molecular weight is 246 g/mol. The summed E-state index contributed by atoms with van der Waals surface area (Å²) in [6.07, 6.45) is 7.69. The van der Waals surface area contributed by atoms with E-state index in [4.69, 9.17) is 0 Å². The van der Waals surface area contributed by atoms with Crippen molar-refractivity contribution in [2.45, 2.75) is 19.3 Å². The third-order valence-electron chi connectivity index (χ3n) is 4.23. The number of rotatable bonds is 0. The van der Waals surface area contributed by atoms with E-state index in [0.717, 1.165) is 0 Å². The van der Waals surface area contributed by atoms with Gasteiger partial charge in [0, 0.05) is 35.6 Å². The van der Waals surface area contributed by atoms with Crippen LogP contribution in [0, 0.1) is 0 Å². The first-order valence-electron chi connectivity index (χ1n) is 6.51. The summed E-state index contributed by atoms with van der Waals surface area (Å²) in [5.74, 6) is 0. The van der Waals surface area contributed by atoms with Crippen LogP contribution in [-0.2, 0) is 5.41 Å². The molecule has 0 amide bonds. The predicted molar refractivity (Wildman–Crippen MR) is 77.1 cm³/mol. The molecule has 0 unspecified atom stereocenters. The fourth-order valence-electron chi connectivity index (χ4n) is 3.33. The molecule has 4 rings (SSSR count). The normalized spacial score (nSPS) is 15.3. The van der Waals surface area contributed by atoms with Gasteiger partial charge in [-0.25, -0.2) is 0 Å². The van der Waals surface area contributed by atoms with Gasteiger partial charge in [0.15, 0.2) is 0 Å². The van der Waals surface area contributed by atoms with Gasteiger partial charge in [-0.1, -0.05) is 26.0 Å². The molecule has 1 aliphatic carbocycles. The molecular formula is C17H14N2. The zero-order chi connectivity index (χ0) is 13.0. The number of hydrogen-bond donors (Lipinski definition) is 0. The lowest BCUT2D eigenvalue weighted by Crippen LogP contribution is -2.15. The van der Waals surface area contributed by atoms with Gasteiger partial charge in [0.25, 0.3) is 0 Å². The number of fused-ring (bicyclic) bond motifs is 5. The summed E-state index contributed by atoms with van der Waals surface area (Å²) < 4.78 is 0. The van der Waals surface area contributed by atoms with E-state index in [9.17, 15) is 0 Å². The molecule has 1 aliphatic rings. The highest BCUT2D eigenvalue weighted by atomic mass is 14.6. The largest absolute Gasteiger partial charge is 0.264 e. The fraction of sp³-hybridized carbons (Fsp3) is 0.176. The van der Waals surface area contributed by atoms with Crippen LogP contribution in [0.1, 0.15) is 25.0 Å². The van der Waals surface area contributed by atoms with Gasteiger partial charge in [-0.15, -0.1) is 0 Å². The summed E-state index contributed by atoms with van der Waals surface area (Å²) in [6.45, 7) is 4.55. The van der Waals surface area contributed by atoms with Crippen LogP contribution in [0.3, 0.4) is 0 Å². The van der Waals surface area contributed by atoms with Gasteiger partial charge in [0.2, 0.25) is 0 Å². The van der Waals surface area contributed by atoms with E-state index in [0.29, 0.717) is 0 Å². The number of hydrogen-bond acceptors (Lipinski definition) is 2. The van der Waals surface area contributed by atoms with Crippen molar-refractivity contribution < 1.29 is 0 Å². The predicted octanol–water partition coefficient (Wildman–Crippen LogP) is 3.94. The van der Waals surface area contributed by atoms with Crippen LogP contribution in [-0.4, -0.2) is 9.97 Å². The Morgan fingerprint density at radius 1 is 0.842 bits per heavy atom. The van der Waals surface area contributed by atoms with Gasteiger partial charge in [-0.2, -0.15) is 0 Å². The van der Waals surface area contributed by atoms with Crippen molar-refractivity contribution in [2.75, 3.05) is 0 Å². The van der Waals surface area contributed by atoms with Crippen molar-refractivity contribution in [2.24, 2.45) is 0 Å². The molecule has 2 heteroatoms. The molecule has 0 N–H and O–H groups in total. The summed E-state index contributed by atoms with van der Waals surface area (Å²) in [5.41, 5.74) is 5.36. The Kier molecular flexibility index (Phi) is 1.92. The summed E-state index contributed by atoms with van der Waals surface area (Å²) in [6, 6.07) is 8.62. The monoisotopic (exact) mass is 246 g/mol. The van der Waals surface area contributed by atoms with E-state index in [2.05, 4.69) is 48.1 Å². The Hall–Kier alpha value is -2.22. The molecule has 1 aromatic carbocycles. The van der Waals surface area contributed by atoms with Gasteiger partial charge in [0.1, 0.15) is 0 Å². The van der Waals surface area contributed by atoms with E-state index >= 15 is 0 Å². The first kappa shape index (κ1) is 10.7. The van der Waals surface area contributed by atoms with Gasteiger partial charge in [0.05, 0.1) is 0 Å². The minimum absolute atomic E-state index is 0.000208. The zero-order valence-corrected chi connectivity index (χ0v) is 11.0. The van der Waals surface area contributed by atoms with E-state index in [1.165, 1.54) is 33.0 Å². The van der Waals surface area contributed by atoms with Crippen LogP contribution in [0.15, 0.2) is 49.1 Å². The zero-order valence-electron chi connectivity index (χ0n) is 11.0. The number of nitrogens with zero attached hydrogens (tertiary/aromatic N) is 2. The van der Waals surface area contributed by atoms with Crippen molar-refractivity contribution in [1.82, 2.24) is 9.97 Å². The van der Waals surface area contributed by atoms with Crippen LogP contribution in [0.4, 0.5) is 0 Å². The van der Waals surface area contributed by atoms with Crippen LogP contribution >= 0.6 is 0 Å². The lowest BCUT2D eigenvalue weighted by molar-refractivity contribution is 0.663. The molecule has 0 aliphatic heterocycles. The van der Waals surface area contributed by atoms with Gasteiger partial charge < -0.3 is 0 Å². The summed E-state index contributed by atoms with van der Waals surface area (Å²) in [7, 11) is 0. The summed E-state index contributed by atoms with van der Waals surface area (Å²) >= 11 is 0. The van der Waals surface area contributed by atoms with E-state index in [1.807, 2.05) is 24.8 Å². The van der Waals surface area contributed by atoms with Crippen LogP contribution in [0.25, 0.3) is 21.9 Å². The van der Waals surface area contributed by atoms with Crippen molar-refractivity contribution in [1.29, 1.82) is 0 Å². The second-order valence-electron chi connectivity index (χ2n) is 5.63. The van der Waals surface area contributed by atoms with E-state index in [1.54, 1.807) is 0 Å². The molecule has 2 nitrogen and oxygen atoms in total. The molecule has 0 atom stereocenters. The third kappa shape index (κ3) is 1.26. The Labute approximate surface area is 112 Å². The molecule has 2 aromatic heterocycles. The SMILES string of the molecule is CC1(C)c2cnccc2-c2ccc3cnccc3c21. The summed E-state index contributed by atoms with van der Waals surface area (Å²) in [4.78, 5) is 8.53. The van der Waals surface area contributed by atoms with Crippen LogP contribution in [0.5, 0.6) is 0 Å². The number of pyridine rings is 2. The second kappa shape index (κ2) is 3.41. The molecule has 19 heavy (non-hydrogen) atoms. The first-order valence-corrected chi connectivity index (χ1v) is 6.51. The maximum absolute atomic E-state index is 4.30. The Morgan fingerprint density at radius 3 is 2.53 bits per heavy atom. The molecule has 0 saturated carbocycles. The Morgan fingerprint density at radius 2 is 1.63 bits per heavy atom. The highest BCUT2D eigenvalue weighted by Crippen LogP contribution is 2.50. The van der Waals surface area contributed by atoms with Crippen LogP contribution < -0.4 is 0 Å². The second-order valence-corrected chi connectivity index (χ2v) is 5.63. The molecular weight excluding hydrogens is 232 g/mol. The quantitative estimate of drug-likeness (QED) is 0.600. The standard InChI is InChI=1S/C17H14N2/c1-17(2)15-10-19-8-6-13(15)14-4-3-11-9-18-7-5-12(11)16(14)17/h3-10H,1-2H3. The highest BCUT2D eigenvalue weighted by molar-refractivity contribution is 5.96. The first-order chi connectivity index (χ1) is 9.19. The number of aromatic nitrogens is 2. The lowest BCUT2D eigenvalue weighted by Gasteiger charge is -2.22. The molecule has 92 valence electrons. The maximum Gasteiger partial charge on any atom is 0.0346 e. The summed E-state index contributed by atoms with van der Waals surface area (Å²) in [5, 5.41) is 2.50. The molecule has 0 spiro atoms. The molecule has 0 bridgehead atoms. The van der Waals surface area contributed by atoms with Gasteiger partial charge in [-0.3, -0.25) is 9.97 Å². The smallest absolute Gasteiger partial charge is 0.0346 e. The van der Waals surface area contributed by atoms with Crippen molar-refractivity contribution >= 4 is 10.8 Å². The molecule has 0 radical (unpaired) electrons. The van der Waals surface area contributed by atoms with Crippen LogP contribution in [0.2, 0.25) is 0 Å². The lowest BCUT2D eigenvalue weighted by atomic mass is 9.81. The van der Waals surface area contributed by atoms with E-state index in [-0.39, 0.29) is 5.41 Å². The number of benzene rings is 1. The minimum Gasteiger partial charge on any atom is -0.264 e. The average Bonchev–Trinajstić information content (AvgIpc) is 2.68. The Balaban J connectivity index is 2.20. The van der Waals surface area contributed by atoms with Crippen molar-refractivity contribution in [3.8, 4) is 11.1 Å². The highest BCUT2D eigenvalue weighted by Gasteiger charge is 2.36. The van der Waals surface area contributed by atoms with Crippen molar-refractivity contribution in [3.05, 3.63) is 60.2 Å². The molecule has 2 heterocycles. The van der Waals surface area contributed by atoms with Gasteiger partial charge in [-0.05, 0) is 39.8 Å². The fourth-order valence-corrected chi connectivity index (χ4v) is 3.33. The van der Waals surface area contributed by atoms with E-state index < -0.39 is 0 Å². The molecule has 0 fully saturated rings.